The SMILES string of the molecule is CC(C)(C)NC(=O)CC(C#N)(C#N)CC(F)(F)F. The quantitative estimate of drug-likeness (QED) is 0.846. The molecule has 0 heterocycles. The smallest absolute Gasteiger partial charge is 0.351 e. The van der Waals surface area contributed by atoms with Crippen LogP contribution >= 0.6 is 0 Å². The van der Waals surface area contributed by atoms with Crippen molar-refractivity contribution in [2.45, 2.75) is 45.3 Å². The average molecular weight is 261 g/mol. The Labute approximate surface area is 103 Å². The Bertz CT molecular complexity index is 382. The normalized spacial score (nSPS) is 12.4. The molecule has 1 amide bonds. The van der Waals surface area contributed by atoms with Crippen molar-refractivity contribution in [1.29, 1.82) is 10.5 Å². The van der Waals surface area contributed by atoms with E-state index in [9.17, 15) is 18.0 Å². The predicted octanol–water partition coefficient (Wildman–Crippen LogP) is 2.28. The second kappa shape index (κ2) is 5.26. The number of nitrogens with zero attached hydrogens (tertiary/aromatic N) is 2. The molecule has 0 saturated heterocycles. The fourth-order valence-corrected chi connectivity index (χ4v) is 1.32. The van der Waals surface area contributed by atoms with E-state index in [1.54, 1.807) is 20.8 Å². The minimum absolute atomic E-state index is 0.633. The zero-order valence-corrected chi connectivity index (χ0v) is 10.4. The van der Waals surface area contributed by atoms with Gasteiger partial charge in [-0.05, 0) is 20.8 Å². The molecule has 0 bridgehead atoms. The van der Waals surface area contributed by atoms with E-state index < -0.39 is 35.9 Å². The van der Waals surface area contributed by atoms with Gasteiger partial charge in [-0.15, -0.1) is 0 Å². The molecule has 0 aromatic rings. The van der Waals surface area contributed by atoms with Crippen molar-refractivity contribution in [2.75, 3.05) is 0 Å². The molecule has 0 aliphatic heterocycles. The number of halogens is 3. The molecule has 0 spiro atoms. The van der Waals surface area contributed by atoms with Crippen molar-refractivity contribution in [3.8, 4) is 12.1 Å². The summed E-state index contributed by atoms with van der Waals surface area (Å²) in [5.74, 6) is -0.755. The van der Waals surface area contributed by atoms with E-state index in [1.807, 2.05) is 0 Å². The number of amides is 1. The van der Waals surface area contributed by atoms with Gasteiger partial charge in [0.05, 0.1) is 25.0 Å². The molecule has 4 nitrogen and oxygen atoms in total. The number of nitrogens with one attached hydrogen (secondary N) is 1. The number of carbonyl (C=O) groups is 1. The summed E-state index contributed by atoms with van der Waals surface area (Å²) in [6.07, 6.45) is -7.09. The second-order valence-electron chi connectivity index (χ2n) is 5.07. The fourth-order valence-electron chi connectivity index (χ4n) is 1.32. The number of carbonyl (C=O) groups excluding carboxylic acids is 1. The zero-order chi connectivity index (χ0) is 14.6. The van der Waals surface area contributed by atoms with Gasteiger partial charge in [0.1, 0.15) is 0 Å². The Morgan fingerprint density at radius 1 is 1.17 bits per heavy atom. The van der Waals surface area contributed by atoms with Crippen molar-refractivity contribution < 1.29 is 18.0 Å². The lowest BCUT2D eigenvalue weighted by Gasteiger charge is -2.24. The highest BCUT2D eigenvalue weighted by molar-refractivity contribution is 5.78. The number of hydrogen-bond acceptors (Lipinski definition) is 3. The third kappa shape index (κ3) is 6.09. The van der Waals surface area contributed by atoms with E-state index in [-0.39, 0.29) is 0 Å². The van der Waals surface area contributed by atoms with Gasteiger partial charge in [0.25, 0.3) is 0 Å². The first-order valence-electron chi connectivity index (χ1n) is 5.13. The standard InChI is InChI=1S/C11H14F3N3O/c1-9(2,3)17-8(18)4-10(6-15,7-16)5-11(12,13)14/h4-5H2,1-3H3,(H,17,18). The molecule has 0 fully saturated rings. The molecular formula is C11H14F3N3O. The third-order valence-electron chi connectivity index (χ3n) is 1.91. The van der Waals surface area contributed by atoms with Gasteiger partial charge < -0.3 is 5.32 Å². The van der Waals surface area contributed by atoms with Gasteiger partial charge in [-0.1, -0.05) is 0 Å². The first-order chi connectivity index (χ1) is 7.93. The van der Waals surface area contributed by atoms with Gasteiger partial charge in [-0.3, -0.25) is 4.79 Å². The maximum atomic E-state index is 12.3. The molecule has 0 atom stereocenters. The van der Waals surface area contributed by atoms with Crippen LogP contribution < -0.4 is 5.32 Å². The summed E-state index contributed by atoms with van der Waals surface area (Å²) in [6, 6.07) is 2.59. The lowest BCUT2D eigenvalue weighted by atomic mass is 9.83. The van der Waals surface area contributed by atoms with Crippen LogP contribution in [0.1, 0.15) is 33.6 Å². The number of nitriles is 2. The molecule has 0 unspecified atom stereocenters. The van der Waals surface area contributed by atoms with Gasteiger partial charge in [0.15, 0.2) is 5.41 Å². The first kappa shape index (κ1) is 16.2. The molecule has 1 N–H and O–H groups in total. The maximum absolute atomic E-state index is 12.3. The Morgan fingerprint density at radius 3 is 1.89 bits per heavy atom. The first-order valence-corrected chi connectivity index (χ1v) is 5.13. The molecule has 0 aromatic carbocycles. The van der Waals surface area contributed by atoms with E-state index in [0.29, 0.717) is 0 Å². The van der Waals surface area contributed by atoms with E-state index in [2.05, 4.69) is 5.32 Å². The lowest BCUT2D eigenvalue weighted by Crippen LogP contribution is -2.43. The molecule has 0 aromatic heterocycles. The molecular weight excluding hydrogens is 247 g/mol. The summed E-state index contributed by atoms with van der Waals surface area (Å²) >= 11 is 0. The molecule has 7 heteroatoms. The fraction of sp³-hybridized carbons (Fsp3) is 0.727. The van der Waals surface area contributed by atoms with Crippen LogP contribution in [0.5, 0.6) is 0 Å². The second-order valence-corrected chi connectivity index (χ2v) is 5.07. The van der Waals surface area contributed by atoms with E-state index in [4.69, 9.17) is 10.5 Å². The lowest BCUT2D eigenvalue weighted by molar-refractivity contribution is -0.149. The minimum atomic E-state index is -4.67. The summed E-state index contributed by atoms with van der Waals surface area (Å²) < 4.78 is 36.8. The van der Waals surface area contributed by atoms with E-state index in [1.165, 1.54) is 12.1 Å². The molecule has 0 aliphatic carbocycles. The average Bonchev–Trinajstić information content (AvgIpc) is 2.11. The van der Waals surface area contributed by atoms with Crippen LogP contribution in [-0.4, -0.2) is 17.6 Å². The van der Waals surface area contributed by atoms with Crippen molar-refractivity contribution in [3.05, 3.63) is 0 Å². The van der Waals surface area contributed by atoms with Crippen LogP contribution in [0.15, 0.2) is 0 Å². The Balaban J connectivity index is 4.92. The predicted molar refractivity (Wildman–Crippen MR) is 56.8 cm³/mol. The summed E-state index contributed by atoms with van der Waals surface area (Å²) in [5.41, 5.74) is -3.00. The van der Waals surface area contributed by atoms with Crippen LogP contribution in [0.4, 0.5) is 13.2 Å². The van der Waals surface area contributed by atoms with Gasteiger partial charge in [-0.2, -0.15) is 23.7 Å². The largest absolute Gasteiger partial charge is 0.391 e. The van der Waals surface area contributed by atoms with Crippen LogP contribution in [0.3, 0.4) is 0 Å². The number of rotatable bonds is 3. The zero-order valence-electron chi connectivity index (χ0n) is 10.4. The highest BCUT2D eigenvalue weighted by atomic mass is 19.4. The molecule has 0 aliphatic rings. The van der Waals surface area contributed by atoms with Crippen LogP contribution in [0, 0.1) is 28.1 Å². The van der Waals surface area contributed by atoms with Crippen LogP contribution in [0.2, 0.25) is 0 Å². The molecule has 0 saturated carbocycles. The maximum Gasteiger partial charge on any atom is 0.391 e. The molecule has 18 heavy (non-hydrogen) atoms. The highest BCUT2D eigenvalue weighted by Crippen LogP contribution is 2.35. The molecule has 100 valence electrons. The van der Waals surface area contributed by atoms with Crippen molar-refractivity contribution in [1.82, 2.24) is 5.32 Å². The van der Waals surface area contributed by atoms with Gasteiger partial charge >= 0.3 is 6.18 Å². The van der Waals surface area contributed by atoms with Crippen molar-refractivity contribution >= 4 is 5.91 Å². The highest BCUT2D eigenvalue weighted by Gasteiger charge is 2.45. The summed E-state index contributed by atoms with van der Waals surface area (Å²) in [4.78, 5) is 11.5. The van der Waals surface area contributed by atoms with Crippen LogP contribution in [-0.2, 0) is 4.79 Å². The topological polar surface area (TPSA) is 76.7 Å². The summed E-state index contributed by atoms with van der Waals surface area (Å²) in [7, 11) is 0. The number of alkyl halides is 3. The van der Waals surface area contributed by atoms with E-state index >= 15 is 0 Å². The minimum Gasteiger partial charge on any atom is -0.351 e. The Hall–Kier alpha value is -1.76. The van der Waals surface area contributed by atoms with Crippen molar-refractivity contribution in [3.63, 3.8) is 0 Å². The Kier molecular flexibility index (Phi) is 4.75. The summed E-state index contributed by atoms with van der Waals surface area (Å²) in [6.45, 7) is 4.94. The third-order valence-corrected chi connectivity index (χ3v) is 1.91. The Morgan fingerprint density at radius 2 is 1.61 bits per heavy atom. The number of hydrogen-bond donors (Lipinski definition) is 1. The monoisotopic (exact) mass is 261 g/mol. The molecule has 0 radical (unpaired) electrons. The summed E-state index contributed by atoms with van der Waals surface area (Å²) in [5, 5.41) is 19.9. The van der Waals surface area contributed by atoms with Gasteiger partial charge in [-0.25, -0.2) is 0 Å². The van der Waals surface area contributed by atoms with Crippen molar-refractivity contribution in [2.24, 2.45) is 5.41 Å². The van der Waals surface area contributed by atoms with Gasteiger partial charge in [0.2, 0.25) is 5.91 Å². The van der Waals surface area contributed by atoms with E-state index in [0.717, 1.165) is 0 Å². The molecule has 0 rings (SSSR count). The van der Waals surface area contributed by atoms with Crippen LogP contribution in [0.25, 0.3) is 0 Å². The van der Waals surface area contributed by atoms with Gasteiger partial charge in [0, 0.05) is 5.54 Å².